The molecule has 0 fully saturated rings. The number of aryl methyl sites for hydroxylation is 4. The molecule has 0 aliphatic rings. The van der Waals surface area contributed by atoms with Crippen molar-refractivity contribution < 1.29 is 32.8 Å². The third-order valence-electron chi connectivity index (χ3n) is 10.6. The second kappa shape index (κ2) is 20.3. The zero-order valence-corrected chi connectivity index (χ0v) is 44.6. The molecule has 60 heavy (non-hydrogen) atoms. The number of ether oxygens (including phenoxy) is 2. The molecule has 0 unspecified atom stereocenters. The van der Waals surface area contributed by atoms with Gasteiger partial charge in [-0.15, -0.1) is 56.9 Å². The molecule has 0 saturated carbocycles. The van der Waals surface area contributed by atoms with Crippen molar-refractivity contribution in [3.63, 3.8) is 0 Å². The van der Waals surface area contributed by atoms with Gasteiger partial charge in [-0.2, -0.15) is 12.1 Å². The summed E-state index contributed by atoms with van der Waals surface area (Å²) in [7, 11) is 3.61. The van der Waals surface area contributed by atoms with Crippen molar-refractivity contribution in [1.82, 2.24) is 0 Å². The van der Waals surface area contributed by atoms with Crippen LogP contribution in [0.4, 0.5) is 0 Å². The van der Waals surface area contributed by atoms with E-state index in [4.69, 9.17) is 9.47 Å². The first-order valence-corrected chi connectivity index (χ1v) is 25.0. The summed E-state index contributed by atoms with van der Waals surface area (Å²) in [6, 6.07) is 27.8. The van der Waals surface area contributed by atoms with E-state index in [9.17, 15) is 0 Å². The third-order valence-corrected chi connectivity index (χ3v) is 10.6. The molecule has 0 saturated heterocycles. The second-order valence-electron chi connectivity index (χ2n) is 21.1. The molecule has 0 bridgehead atoms. The van der Waals surface area contributed by atoms with E-state index in [1.54, 1.807) is 0 Å². The van der Waals surface area contributed by atoms with Crippen LogP contribution in [0, 0.1) is 53.4 Å². The zero-order chi connectivity index (χ0) is 43.7. The SMILES string of the molecule is COc1c(C(C)(C)C)cc2[cH-]c(CC(C)(C)C)cc2c1-c1cc(C)cc(C)c1.COc1c(C(C)(C)C)cc2[cH-]c(CC(C)(C)C)cc2c1-c1cc(C)cc(C)c1.[CH3-].[CH3-].[Si]=[Zr]. The third kappa shape index (κ3) is 12.9. The molecule has 0 amide bonds. The Kier molecular flexibility index (Phi) is 17.9. The summed E-state index contributed by atoms with van der Waals surface area (Å²) in [6.07, 6.45) is 2.14. The molecule has 0 aliphatic heterocycles. The second-order valence-corrected chi connectivity index (χ2v) is 21.1. The van der Waals surface area contributed by atoms with Crippen LogP contribution in [-0.4, -0.2) is 21.1 Å². The molecule has 0 spiro atoms. The monoisotopic (exact) mass is 898 g/mol. The Hall–Kier alpha value is -3.20. The van der Waals surface area contributed by atoms with Crippen LogP contribution in [0.1, 0.15) is 128 Å². The topological polar surface area (TPSA) is 18.5 Å². The molecule has 0 aliphatic carbocycles. The first-order valence-electron chi connectivity index (χ1n) is 20.8. The van der Waals surface area contributed by atoms with Gasteiger partial charge in [0.1, 0.15) is 11.5 Å². The van der Waals surface area contributed by atoms with E-state index in [0.717, 1.165) is 24.3 Å². The van der Waals surface area contributed by atoms with Gasteiger partial charge < -0.3 is 24.3 Å². The van der Waals surface area contributed by atoms with Gasteiger partial charge in [0.25, 0.3) is 0 Å². The average Bonchev–Trinajstić information content (AvgIpc) is 3.66. The molecule has 0 atom stereocenters. The summed E-state index contributed by atoms with van der Waals surface area (Å²) in [5.41, 5.74) is 16.0. The van der Waals surface area contributed by atoms with Gasteiger partial charge in [-0.1, -0.05) is 142 Å². The molecule has 6 rings (SSSR count). The Morgan fingerprint density at radius 3 is 0.983 bits per heavy atom. The maximum absolute atomic E-state index is 6.06. The minimum absolute atomic E-state index is 0. The normalized spacial score (nSPS) is 11.8. The standard InChI is InChI=1S/2C27H35O.2CH3.Si.Zr/c2*1-17-10-18(2)12-21(11-17)24-22-14-19(16-26(3,4)5)13-20(22)15-23(25(24)28-9)27(6,7)8;;;;/h2*10-15H,16H2,1-9H3;2*1H3;;/q4*-1;;. The van der Waals surface area contributed by atoms with Crippen molar-refractivity contribution in [3.8, 4) is 33.8 Å². The Morgan fingerprint density at radius 2 is 0.750 bits per heavy atom. The average molecular weight is 901 g/mol. The van der Waals surface area contributed by atoms with Gasteiger partial charge in [-0.05, 0) is 95.6 Å². The first kappa shape index (κ1) is 52.9. The van der Waals surface area contributed by atoms with Gasteiger partial charge in [-0.25, -0.2) is 0 Å². The molecule has 0 N–H and O–H groups in total. The number of benzene rings is 4. The number of methoxy groups -OCH3 is 2. The summed E-state index contributed by atoms with van der Waals surface area (Å²) >= 11 is 1.36. The molecule has 2 nitrogen and oxygen atoms in total. The van der Waals surface area contributed by atoms with E-state index in [-0.39, 0.29) is 36.5 Å². The predicted molar refractivity (Wildman–Crippen MR) is 264 cm³/mol. The summed E-state index contributed by atoms with van der Waals surface area (Å²) in [5, 5.41) is 5.24. The van der Waals surface area contributed by atoms with Gasteiger partial charge in [0, 0.05) is 0 Å². The van der Waals surface area contributed by atoms with Crippen molar-refractivity contribution >= 4 is 28.4 Å². The molecule has 2 radical (unpaired) electrons. The van der Waals surface area contributed by atoms with Crippen LogP contribution in [0.5, 0.6) is 11.5 Å². The molecular weight excluding hydrogens is 824 g/mol. The number of hydrogen-bond acceptors (Lipinski definition) is 2. The molecule has 0 aromatic heterocycles. The van der Waals surface area contributed by atoms with Crippen molar-refractivity contribution in [3.05, 3.63) is 132 Å². The fourth-order valence-corrected chi connectivity index (χ4v) is 8.58. The Labute approximate surface area is 384 Å². The fraction of sp³-hybridized carbons (Fsp3) is 0.429. The number of fused-ring (bicyclic) bond motifs is 2. The van der Waals surface area contributed by atoms with E-state index >= 15 is 0 Å². The van der Waals surface area contributed by atoms with Crippen LogP contribution in [0.15, 0.2) is 72.8 Å². The van der Waals surface area contributed by atoms with Gasteiger partial charge in [0.2, 0.25) is 0 Å². The summed E-state index contributed by atoms with van der Waals surface area (Å²) in [5.74, 6) is 2.02. The van der Waals surface area contributed by atoms with Crippen molar-refractivity contribution in [1.29, 1.82) is 0 Å². The fourth-order valence-electron chi connectivity index (χ4n) is 8.58. The van der Waals surface area contributed by atoms with Gasteiger partial charge in [-0.3, -0.25) is 0 Å². The van der Waals surface area contributed by atoms with Crippen LogP contribution in [-0.2, 0) is 47.0 Å². The van der Waals surface area contributed by atoms with Crippen LogP contribution in [0.2, 0.25) is 0 Å². The van der Waals surface area contributed by atoms with Gasteiger partial charge in [0.15, 0.2) is 0 Å². The molecule has 0 heterocycles. The van der Waals surface area contributed by atoms with E-state index in [1.807, 2.05) is 14.2 Å². The first-order chi connectivity index (χ1) is 26.8. The molecular formula is C56H76O2SiZr-4. The summed E-state index contributed by atoms with van der Waals surface area (Å²) < 4.78 is 12.1. The number of rotatable bonds is 6. The zero-order valence-electron chi connectivity index (χ0n) is 41.2. The molecule has 4 heteroatoms. The van der Waals surface area contributed by atoms with Gasteiger partial charge >= 0.3 is 30.2 Å². The van der Waals surface area contributed by atoms with E-state index < -0.39 is 0 Å². The molecule has 6 aromatic rings. The molecule has 324 valence electrons. The summed E-state index contributed by atoms with van der Waals surface area (Å²) in [4.78, 5) is 0. The Morgan fingerprint density at radius 1 is 0.467 bits per heavy atom. The Balaban J connectivity index is 0.000000385. The van der Waals surface area contributed by atoms with Crippen molar-refractivity contribution in [2.75, 3.05) is 14.2 Å². The van der Waals surface area contributed by atoms with Crippen molar-refractivity contribution in [2.45, 2.75) is 134 Å². The van der Waals surface area contributed by atoms with Crippen LogP contribution < -0.4 is 9.47 Å². The van der Waals surface area contributed by atoms with Crippen LogP contribution in [0.25, 0.3) is 43.8 Å². The minimum atomic E-state index is 0. The van der Waals surface area contributed by atoms with Crippen LogP contribution >= 0.6 is 0 Å². The summed E-state index contributed by atoms with van der Waals surface area (Å²) in [6.45, 7) is 39.1. The maximum atomic E-state index is 6.06. The van der Waals surface area contributed by atoms with E-state index in [1.165, 1.54) is 112 Å². The Bertz CT molecular complexity index is 2170. The van der Waals surface area contributed by atoms with Crippen LogP contribution in [0.3, 0.4) is 0 Å². The van der Waals surface area contributed by atoms with Crippen molar-refractivity contribution in [2.24, 2.45) is 10.8 Å². The molecule has 6 aromatic carbocycles. The number of hydrogen-bond donors (Lipinski definition) is 0. The quantitative estimate of drug-likeness (QED) is 0.122. The van der Waals surface area contributed by atoms with E-state index in [0.29, 0.717) is 0 Å². The van der Waals surface area contributed by atoms with E-state index in [2.05, 4.69) is 190 Å². The van der Waals surface area contributed by atoms with Gasteiger partial charge in [0.05, 0.1) is 14.2 Å². The predicted octanol–water partition coefficient (Wildman–Crippen LogP) is 16.0.